The van der Waals surface area contributed by atoms with E-state index >= 15 is 4.39 Å². The highest BCUT2D eigenvalue weighted by Crippen LogP contribution is 2.34. The van der Waals surface area contributed by atoms with E-state index in [1.807, 2.05) is 4.72 Å². The summed E-state index contributed by atoms with van der Waals surface area (Å²) < 4.78 is 86.4. The summed E-state index contributed by atoms with van der Waals surface area (Å²) in [6.45, 7) is 7.64. The summed E-state index contributed by atoms with van der Waals surface area (Å²) in [4.78, 5) is 7.37. The van der Waals surface area contributed by atoms with Crippen LogP contribution in [0.15, 0.2) is 60.3 Å². The number of pyridine rings is 2. The van der Waals surface area contributed by atoms with Crippen molar-refractivity contribution >= 4 is 29.3 Å². The minimum Gasteiger partial charge on any atom is -0.480 e. The monoisotopic (exact) mass is 631 g/mol. The number of fused-ring (bicyclic) bond motifs is 1. The predicted octanol–water partition coefficient (Wildman–Crippen LogP) is 5.19. The second-order valence-electron chi connectivity index (χ2n) is 10.8. The van der Waals surface area contributed by atoms with Crippen LogP contribution < -0.4 is 9.46 Å². The lowest BCUT2D eigenvalue weighted by atomic mass is 10.0. The second-order valence-corrected chi connectivity index (χ2v) is 18.1. The number of nitrogens with one attached hydrogen (secondary N) is 1. The van der Waals surface area contributed by atoms with E-state index in [1.165, 1.54) is 24.9 Å². The fraction of sp³-hybridized carbons (Fsp3) is 0.259. The predicted molar refractivity (Wildman–Crippen MR) is 155 cm³/mol. The second kappa shape index (κ2) is 11.8. The minimum absolute atomic E-state index is 0.105. The maximum atomic E-state index is 15.7. The number of ether oxygens (including phenoxy) is 2. The van der Waals surface area contributed by atoms with Crippen molar-refractivity contribution in [2.75, 3.05) is 18.4 Å². The minimum atomic E-state index is -4.57. The smallest absolute Gasteiger partial charge is 0.267 e. The Bertz CT molecular complexity index is 1910. The van der Waals surface area contributed by atoms with Gasteiger partial charge in [-0.3, -0.25) is 9.29 Å². The van der Waals surface area contributed by atoms with Gasteiger partial charge in [0.1, 0.15) is 36.7 Å². The van der Waals surface area contributed by atoms with Crippen molar-refractivity contribution in [2.24, 2.45) is 0 Å². The molecule has 226 valence electrons. The molecule has 4 aromatic heterocycles. The van der Waals surface area contributed by atoms with Crippen LogP contribution in [-0.2, 0) is 21.5 Å². The van der Waals surface area contributed by atoms with Gasteiger partial charge in [0.2, 0.25) is 5.88 Å². The molecule has 11 nitrogen and oxygen atoms in total. The molecule has 0 saturated heterocycles. The normalized spacial score (nSPS) is 12.2. The van der Waals surface area contributed by atoms with E-state index in [0.29, 0.717) is 29.7 Å². The molecule has 0 aliphatic rings. The number of hydrogen-bond donors (Lipinski definition) is 1. The van der Waals surface area contributed by atoms with Crippen LogP contribution in [0.2, 0.25) is 25.7 Å². The highest BCUT2D eigenvalue weighted by Gasteiger charge is 2.26. The van der Waals surface area contributed by atoms with Gasteiger partial charge in [0.15, 0.2) is 16.5 Å². The van der Waals surface area contributed by atoms with Crippen LogP contribution in [0.4, 0.5) is 18.9 Å². The lowest BCUT2D eigenvalue weighted by Crippen LogP contribution is -2.22. The van der Waals surface area contributed by atoms with Gasteiger partial charge in [-0.05, 0) is 24.2 Å². The number of methoxy groups -OCH3 is 1. The Labute approximate surface area is 246 Å². The van der Waals surface area contributed by atoms with Gasteiger partial charge in [-0.15, -0.1) is 10.2 Å². The molecular formula is C27H28F3N7O4SSi. The van der Waals surface area contributed by atoms with Gasteiger partial charge in [0.25, 0.3) is 10.0 Å². The molecule has 0 amide bonds. The van der Waals surface area contributed by atoms with E-state index in [2.05, 4.69) is 39.8 Å². The first-order valence-corrected chi connectivity index (χ1v) is 18.2. The first-order valence-electron chi connectivity index (χ1n) is 13.0. The number of aromatic nitrogens is 6. The molecule has 0 fully saturated rings. The van der Waals surface area contributed by atoms with Crippen molar-refractivity contribution in [1.82, 2.24) is 29.1 Å². The van der Waals surface area contributed by atoms with E-state index in [-0.39, 0.29) is 12.3 Å². The highest BCUT2D eigenvalue weighted by molar-refractivity contribution is 7.92. The van der Waals surface area contributed by atoms with Gasteiger partial charge in [-0.2, -0.15) is 0 Å². The fourth-order valence-electron chi connectivity index (χ4n) is 4.24. The number of hydrogen-bond acceptors (Lipinski definition) is 8. The third-order valence-electron chi connectivity index (χ3n) is 6.48. The molecule has 1 aromatic carbocycles. The van der Waals surface area contributed by atoms with Gasteiger partial charge >= 0.3 is 0 Å². The van der Waals surface area contributed by atoms with Crippen LogP contribution in [-0.4, -0.2) is 59.3 Å². The van der Waals surface area contributed by atoms with Gasteiger partial charge in [-0.25, -0.2) is 31.6 Å². The molecule has 0 spiro atoms. The van der Waals surface area contributed by atoms with Gasteiger partial charge in [-0.1, -0.05) is 25.7 Å². The third kappa shape index (κ3) is 6.40. The molecule has 5 aromatic rings. The molecule has 16 heteroatoms. The van der Waals surface area contributed by atoms with Crippen LogP contribution in [0.3, 0.4) is 0 Å². The lowest BCUT2D eigenvalue weighted by molar-refractivity contribution is 0.0880. The molecule has 0 aliphatic carbocycles. The topological polar surface area (TPSA) is 126 Å². The molecule has 0 unspecified atom stereocenters. The molecule has 5 rings (SSSR count). The Hall–Kier alpha value is -4.28. The SMILES string of the molecule is COc1ncc(F)cc1S(=O)(=O)Nc1ccc(F)c(-c2ccc3c(-c4nncn4COCC[Si](C)(C)C)ncn3c2)c1F. The molecule has 0 bridgehead atoms. The van der Waals surface area contributed by atoms with Gasteiger partial charge in [0.05, 0.1) is 30.1 Å². The van der Waals surface area contributed by atoms with Crippen LogP contribution in [0.1, 0.15) is 0 Å². The summed E-state index contributed by atoms with van der Waals surface area (Å²) in [5.74, 6) is -2.99. The number of sulfonamides is 1. The molecule has 0 radical (unpaired) electrons. The van der Waals surface area contributed by atoms with E-state index in [4.69, 9.17) is 9.47 Å². The van der Waals surface area contributed by atoms with E-state index in [0.717, 1.165) is 31.5 Å². The first-order chi connectivity index (χ1) is 20.4. The van der Waals surface area contributed by atoms with E-state index in [1.54, 1.807) is 15.0 Å². The zero-order valence-corrected chi connectivity index (χ0v) is 25.5. The van der Waals surface area contributed by atoms with Crippen LogP contribution in [0.25, 0.3) is 28.2 Å². The van der Waals surface area contributed by atoms with Crippen LogP contribution in [0, 0.1) is 17.5 Å². The van der Waals surface area contributed by atoms with Crippen molar-refractivity contribution in [3.05, 3.63) is 72.8 Å². The number of benzene rings is 1. The number of halogens is 3. The zero-order valence-electron chi connectivity index (χ0n) is 23.7. The largest absolute Gasteiger partial charge is 0.480 e. The first kappa shape index (κ1) is 30.2. The lowest BCUT2D eigenvalue weighted by Gasteiger charge is -2.15. The maximum absolute atomic E-state index is 15.7. The number of anilines is 1. The van der Waals surface area contributed by atoms with Gasteiger partial charge < -0.3 is 13.9 Å². The molecular weight excluding hydrogens is 603 g/mol. The number of rotatable bonds is 11. The van der Waals surface area contributed by atoms with Crippen LogP contribution >= 0.6 is 0 Å². The third-order valence-corrected chi connectivity index (χ3v) is 9.54. The average molecular weight is 632 g/mol. The molecule has 0 aliphatic heterocycles. The standard InChI is InChI=1S/C27H28F3N7O4SSi/c1-40-27-22(11-18(28)12-31-27)42(38,39)35-20-7-6-19(29)23(24(20)30)17-5-8-21-25(32-14-36(21)13-17)26-34-33-15-37(26)16-41-9-10-43(2,3)4/h5-8,11-15,35H,9-10,16H2,1-4H3. The average Bonchev–Trinajstić information content (AvgIpc) is 3.58. The Balaban J connectivity index is 1.44. The summed E-state index contributed by atoms with van der Waals surface area (Å²) in [5, 5.41) is 8.16. The van der Waals surface area contributed by atoms with Gasteiger partial charge in [0, 0.05) is 32.5 Å². The molecule has 0 saturated carbocycles. The van der Waals surface area contributed by atoms with Crippen molar-refractivity contribution in [2.45, 2.75) is 37.3 Å². The molecule has 43 heavy (non-hydrogen) atoms. The zero-order chi connectivity index (χ0) is 30.9. The van der Waals surface area contributed by atoms with E-state index in [9.17, 15) is 17.2 Å². The fourth-order valence-corrected chi connectivity index (χ4v) is 6.19. The summed E-state index contributed by atoms with van der Waals surface area (Å²) in [7, 11) is -4.67. The Morgan fingerprint density at radius 3 is 2.58 bits per heavy atom. The van der Waals surface area contributed by atoms with Crippen molar-refractivity contribution < 1.29 is 31.1 Å². The summed E-state index contributed by atoms with van der Waals surface area (Å²) in [5.41, 5.74) is 0.132. The Kier molecular flexibility index (Phi) is 8.26. The van der Waals surface area contributed by atoms with E-state index < -0.39 is 57.6 Å². The summed E-state index contributed by atoms with van der Waals surface area (Å²) in [6, 6.07) is 6.63. The number of nitrogens with zero attached hydrogens (tertiary/aromatic N) is 6. The quantitative estimate of drug-likeness (QED) is 0.156. The van der Waals surface area contributed by atoms with Crippen molar-refractivity contribution in [3.8, 4) is 28.5 Å². The number of imidazole rings is 1. The Morgan fingerprint density at radius 2 is 1.84 bits per heavy atom. The highest BCUT2D eigenvalue weighted by atomic mass is 32.2. The molecule has 0 atom stereocenters. The summed E-state index contributed by atoms with van der Waals surface area (Å²) >= 11 is 0. The van der Waals surface area contributed by atoms with Crippen molar-refractivity contribution in [1.29, 1.82) is 0 Å². The van der Waals surface area contributed by atoms with Crippen LogP contribution in [0.5, 0.6) is 5.88 Å². The summed E-state index contributed by atoms with van der Waals surface area (Å²) in [6.07, 6.45) is 5.23. The van der Waals surface area contributed by atoms with Crippen molar-refractivity contribution in [3.63, 3.8) is 0 Å². The maximum Gasteiger partial charge on any atom is 0.267 e. The molecule has 4 heterocycles. The molecule has 1 N–H and O–H groups in total. The Morgan fingerprint density at radius 1 is 1.05 bits per heavy atom.